The lowest BCUT2D eigenvalue weighted by atomic mass is 10.3. The highest BCUT2D eigenvalue weighted by Gasteiger charge is 2.24. The van der Waals surface area contributed by atoms with Crippen LogP contribution in [0.2, 0.25) is 5.02 Å². The fourth-order valence-corrected chi connectivity index (χ4v) is 3.45. The van der Waals surface area contributed by atoms with Crippen LogP contribution in [0.1, 0.15) is 19.1 Å². The Bertz CT molecular complexity index is 720. The average molecular weight is 371 g/mol. The second-order valence-electron chi connectivity index (χ2n) is 5.10. The first-order valence-corrected chi connectivity index (χ1v) is 9.25. The molecule has 0 aliphatic heterocycles. The molecule has 0 unspecified atom stereocenters. The molecule has 0 saturated heterocycles. The molecule has 0 radical (unpaired) electrons. The van der Waals surface area contributed by atoms with Crippen molar-refractivity contribution in [1.82, 2.24) is 5.16 Å². The van der Waals surface area contributed by atoms with Crippen molar-refractivity contribution in [3.63, 3.8) is 0 Å². The normalized spacial score (nSPS) is 13.3. The lowest BCUT2D eigenvalue weighted by molar-refractivity contribution is -0.115. The Labute approximate surface area is 148 Å². The number of aromatic nitrogens is 1. The third-order valence-electron chi connectivity index (χ3n) is 3.21. The molecule has 0 fully saturated rings. The number of carbonyl (C=O) groups excluding carboxylic acids is 1. The van der Waals surface area contributed by atoms with Crippen LogP contribution in [0.5, 0.6) is 5.75 Å². The van der Waals surface area contributed by atoms with Crippen molar-refractivity contribution in [3.8, 4) is 5.75 Å². The predicted octanol–water partition coefficient (Wildman–Crippen LogP) is 3.18. The number of carbonyl (C=O) groups is 1. The highest BCUT2D eigenvalue weighted by atomic mass is 35.5. The van der Waals surface area contributed by atoms with Crippen molar-refractivity contribution < 1.29 is 18.3 Å². The lowest BCUT2D eigenvalue weighted by Gasteiger charge is -2.14. The van der Waals surface area contributed by atoms with E-state index in [0.717, 1.165) is 0 Å². The second-order valence-corrected chi connectivity index (χ2v) is 7.27. The summed E-state index contributed by atoms with van der Waals surface area (Å²) < 4.78 is 22.8. The van der Waals surface area contributed by atoms with Crippen LogP contribution in [0.3, 0.4) is 0 Å². The Morgan fingerprint density at radius 2 is 2.25 bits per heavy atom. The zero-order chi connectivity index (χ0) is 17.5. The van der Waals surface area contributed by atoms with Gasteiger partial charge in [-0.15, -0.1) is 0 Å². The Morgan fingerprint density at radius 1 is 1.46 bits per heavy atom. The molecule has 0 bridgehead atoms. The van der Waals surface area contributed by atoms with E-state index < -0.39 is 16.0 Å². The van der Waals surface area contributed by atoms with Crippen LogP contribution in [-0.2, 0) is 15.6 Å². The Hall–Kier alpha value is -1.86. The van der Waals surface area contributed by atoms with E-state index >= 15 is 0 Å². The van der Waals surface area contributed by atoms with Crippen molar-refractivity contribution in [2.24, 2.45) is 0 Å². The van der Waals surface area contributed by atoms with Crippen LogP contribution in [0.15, 0.2) is 34.9 Å². The second kappa shape index (κ2) is 8.84. The molecule has 2 aromatic rings. The van der Waals surface area contributed by atoms with E-state index in [4.69, 9.17) is 20.9 Å². The number of hydrogen-bond acceptors (Lipinski definition) is 5. The van der Waals surface area contributed by atoms with Gasteiger partial charge < -0.3 is 14.6 Å². The van der Waals surface area contributed by atoms with Gasteiger partial charge in [0.05, 0.1) is 12.4 Å². The number of hydrogen-bond donors (Lipinski definition) is 1. The highest BCUT2D eigenvalue weighted by Crippen LogP contribution is 2.17. The summed E-state index contributed by atoms with van der Waals surface area (Å²) in [4.78, 5) is 12.2. The topological polar surface area (TPSA) is 81.4 Å². The van der Waals surface area contributed by atoms with Crippen molar-refractivity contribution in [1.29, 1.82) is 0 Å². The van der Waals surface area contributed by atoms with E-state index in [-0.39, 0.29) is 18.3 Å². The monoisotopic (exact) mass is 370 g/mol. The third-order valence-corrected chi connectivity index (χ3v) is 5.20. The fraction of sp³-hybridized carbons (Fsp3) is 0.375. The average Bonchev–Trinajstić information content (AvgIpc) is 2.93. The molecular formula is C16H19ClN2O4S. The molecule has 2 rings (SSSR count). The first kappa shape index (κ1) is 18.5. The summed E-state index contributed by atoms with van der Waals surface area (Å²) in [5, 5.41) is 6.25. The maximum atomic E-state index is 12.4. The molecule has 1 N–H and O–H groups in total. The Balaban J connectivity index is 1.85. The maximum Gasteiger partial charge on any atom is 0.241 e. The van der Waals surface area contributed by atoms with Crippen molar-refractivity contribution in [2.45, 2.75) is 25.5 Å². The minimum atomic E-state index is -1.36. The number of nitrogens with zero attached hydrogens (tertiary/aromatic N) is 1. The molecule has 0 saturated carbocycles. The summed E-state index contributed by atoms with van der Waals surface area (Å²) in [6, 6.07) is 8.58. The first-order valence-electron chi connectivity index (χ1n) is 7.49. The molecule has 8 heteroatoms. The zero-order valence-corrected chi connectivity index (χ0v) is 15.0. The molecule has 130 valence electrons. The van der Waals surface area contributed by atoms with Crippen LogP contribution in [-0.4, -0.2) is 32.9 Å². The quantitative estimate of drug-likeness (QED) is 0.771. The highest BCUT2D eigenvalue weighted by molar-refractivity contribution is 7.86. The van der Waals surface area contributed by atoms with E-state index in [0.29, 0.717) is 28.8 Å². The smallest absolute Gasteiger partial charge is 0.241 e. The molecule has 1 aromatic heterocycles. The van der Waals surface area contributed by atoms with Gasteiger partial charge in [0.25, 0.3) is 0 Å². The summed E-state index contributed by atoms with van der Waals surface area (Å²) >= 11 is 5.87. The van der Waals surface area contributed by atoms with Gasteiger partial charge in [-0.1, -0.05) is 29.7 Å². The largest absolute Gasteiger partial charge is 0.493 e. The number of anilines is 1. The minimum Gasteiger partial charge on any atom is -0.493 e. The van der Waals surface area contributed by atoms with Gasteiger partial charge >= 0.3 is 0 Å². The van der Waals surface area contributed by atoms with Gasteiger partial charge in [-0.25, -0.2) is 0 Å². The van der Waals surface area contributed by atoms with E-state index in [2.05, 4.69) is 10.5 Å². The maximum absolute atomic E-state index is 12.4. The van der Waals surface area contributed by atoms with Gasteiger partial charge in [-0.05, 0) is 31.5 Å². The number of benzene rings is 1. The zero-order valence-electron chi connectivity index (χ0n) is 13.5. The minimum absolute atomic E-state index is 0.236. The molecule has 2 atom stereocenters. The molecular weight excluding hydrogens is 352 g/mol. The van der Waals surface area contributed by atoms with Gasteiger partial charge in [0, 0.05) is 21.9 Å². The van der Waals surface area contributed by atoms with Crippen LogP contribution in [0.4, 0.5) is 5.82 Å². The van der Waals surface area contributed by atoms with Crippen LogP contribution >= 0.6 is 11.6 Å². The predicted molar refractivity (Wildman–Crippen MR) is 93.9 cm³/mol. The van der Waals surface area contributed by atoms with Gasteiger partial charge in [0.2, 0.25) is 5.91 Å². The van der Waals surface area contributed by atoms with Gasteiger partial charge in [-0.3, -0.25) is 9.00 Å². The Kier molecular flexibility index (Phi) is 6.81. The molecule has 0 aliphatic carbocycles. The molecule has 1 heterocycles. The van der Waals surface area contributed by atoms with Crippen LogP contribution in [0, 0.1) is 6.92 Å². The van der Waals surface area contributed by atoms with E-state index in [1.54, 1.807) is 37.3 Å². The van der Waals surface area contributed by atoms with Crippen molar-refractivity contribution >= 4 is 34.1 Å². The van der Waals surface area contributed by atoms with E-state index in [9.17, 15) is 9.00 Å². The molecule has 0 aliphatic rings. The van der Waals surface area contributed by atoms with E-state index in [1.807, 2.05) is 6.92 Å². The molecule has 1 amide bonds. The fourth-order valence-electron chi connectivity index (χ4n) is 2.06. The van der Waals surface area contributed by atoms with Crippen molar-refractivity contribution in [3.05, 3.63) is 41.1 Å². The SMILES string of the molecule is CC[C@@H](C(=O)Nc1cc(C)on1)[S@@](=O)CCOc1cccc(Cl)c1. The summed E-state index contributed by atoms with van der Waals surface area (Å²) in [7, 11) is -1.36. The standard InChI is InChI=1S/C16H19ClN2O4S/c1-3-14(16(20)18-15-9-11(2)23-19-15)24(21)8-7-22-13-6-4-5-12(17)10-13/h4-6,9-10,14H,3,7-8H2,1-2H3,(H,18,19,20)/t14-,24-/m0/s1. The number of amides is 1. The number of ether oxygens (including phenoxy) is 1. The molecule has 24 heavy (non-hydrogen) atoms. The number of rotatable bonds is 8. The summed E-state index contributed by atoms with van der Waals surface area (Å²) in [5.41, 5.74) is 0. The number of aryl methyl sites for hydroxylation is 1. The van der Waals surface area contributed by atoms with Gasteiger partial charge in [0.15, 0.2) is 5.82 Å². The number of halogens is 1. The van der Waals surface area contributed by atoms with Crippen LogP contribution in [0.25, 0.3) is 0 Å². The summed E-state index contributed by atoms with van der Waals surface area (Å²) in [5.74, 6) is 1.43. The summed E-state index contributed by atoms with van der Waals surface area (Å²) in [6.07, 6.45) is 0.451. The van der Waals surface area contributed by atoms with Gasteiger partial charge in [0.1, 0.15) is 16.8 Å². The van der Waals surface area contributed by atoms with Crippen molar-refractivity contribution in [2.75, 3.05) is 17.7 Å². The first-order chi connectivity index (χ1) is 11.5. The third kappa shape index (κ3) is 5.35. The summed E-state index contributed by atoms with van der Waals surface area (Å²) in [6.45, 7) is 3.78. The van der Waals surface area contributed by atoms with E-state index in [1.165, 1.54) is 0 Å². The molecule has 6 nitrogen and oxygen atoms in total. The molecule has 1 aromatic carbocycles. The number of nitrogens with one attached hydrogen (secondary N) is 1. The molecule has 0 spiro atoms. The van der Waals surface area contributed by atoms with Gasteiger partial charge in [-0.2, -0.15) is 0 Å². The lowest BCUT2D eigenvalue weighted by Crippen LogP contribution is -2.33. The van der Waals surface area contributed by atoms with Crippen LogP contribution < -0.4 is 10.1 Å². The Morgan fingerprint density at radius 3 is 2.88 bits per heavy atom.